The minimum absolute atomic E-state index is 0.0529. The number of hydrogen-bond donors (Lipinski definition) is 3. The topological polar surface area (TPSA) is 105 Å². The summed E-state index contributed by atoms with van der Waals surface area (Å²) in [6, 6.07) is 12.8. The second-order valence-corrected chi connectivity index (χ2v) is 4.86. The van der Waals surface area contributed by atoms with Gasteiger partial charge in [0.05, 0.1) is 12.7 Å². The first-order chi connectivity index (χ1) is 11.5. The molecule has 2 rings (SSSR count). The average Bonchev–Trinajstić information content (AvgIpc) is 2.59. The van der Waals surface area contributed by atoms with Gasteiger partial charge in [-0.15, -0.1) is 0 Å². The van der Waals surface area contributed by atoms with E-state index in [1.54, 1.807) is 24.3 Å². The third-order valence-electron chi connectivity index (χ3n) is 3.07. The molecular formula is C16H16BNO6. The number of esters is 1. The van der Waals surface area contributed by atoms with E-state index in [0.717, 1.165) is 0 Å². The van der Waals surface area contributed by atoms with Crippen molar-refractivity contribution in [3.05, 3.63) is 54.1 Å². The summed E-state index contributed by atoms with van der Waals surface area (Å²) < 4.78 is 9.91. The number of hydrogen-bond acceptors (Lipinski definition) is 6. The second kappa shape index (κ2) is 8.14. The number of rotatable bonds is 6. The Morgan fingerprint density at radius 3 is 2.46 bits per heavy atom. The third-order valence-corrected chi connectivity index (χ3v) is 3.07. The maximum absolute atomic E-state index is 11.9. The van der Waals surface area contributed by atoms with Gasteiger partial charge in [0, 0.05) is 5.69 Å². The molecule has 0 saturated carbocycles. The predicted molar refractivity (Wildman–Crippen MR) is 88.2 cm³/mol. The highest BCUT2D eigenvalue weighted by molar-refractivity contribution is 6.58. The summed E-state index contributed by atoms with van der Waals surface area (Å²) in [5.41, 5.74) is 0.363. The van der Waals surface area contributed by atoms with Gasteiger partial charge < -0.3 is 24.8 Å². The summed E-state index contributed by atoms with van der Waals surface area (Å²) in [5, 5.41) is 21.1. The van der Waals surface area contributed by atoms with Crippen molar-refractivity contribution in [2.45, 2.75) is 0 Å². The van der Waals surface area contributed by atoms with E-state index in [9.17, 15) is 19.6 Å². The monoisotopic (exact) mass is 329 g/mol. The normalized spacial score (nSPS) is 9.96. The summed E-state index contributed by atoms with van der Waals surface area (Å²) >= 11 is 0. The van der Waals surface area contributed by atoms with E-state index >= 15 is 0 Å². The molecule has 0 saturated heterocycles. The predicted octanol–water partition coefficient (Wildman–Crippen LogP) is 0.170. The van der Waals surface area contributed by atoms with Crippen LogP contribution in [0.4, 0.5) is 5.69 Å². The molecule has 0 aromatic heterocycles. The number of nitrogens with one attached hydrogen (secondary N) is 1. The first kappa shape index (κ1) is 17.5. The molecule has 0 aliphatic rings. The van der Waals surface area contributed by atoms with Crippen molar-refractivity contribution >= 4 is 30.1 Å². The number of carbonyl (C=O) groups excluding carboxylic acids is 2. The fourth-order valence-corrected chi connectivity index (χ4v) is 1.97. The molecular weight excluding hydrogens is 313 g/mol. The van der Waals surface area contributed by atoms with Crippen molar-refractivity contribution in [2.24, 2.45) is 0 Å². The van der Waals surface area contributed by atoms with E-state index in [1.807, 2.05) is 6.07 Å². The Balaban J connectivity index is 2.08. The molecule has 0 atom stereocenters. The second-order valence-electron chi connectivity index (χ2n) is 4.86. The van der Waals surface area contributed by atoms with Gasteiger partial charge in [0.15, 0.2) is 6.61 Å². The number of ether oxygens (including phenoxy) is 2. The maximum Gasteiger partial charge on any atom is 0.488 e. The van der Waals surface area contributed by atoms with Crippen molar-refractivity contribution in [3.63, 3.8) is 0 Å². The highest BCUT2D eigenvalue weighted by atomic mass is 16.5. The number of para-hydroxylation sites is 1. The van der Waals surface area contributed by atoms with Crippen LogP contribution in [0.25, 0.3) is 0 Å². The quantitative estimate of drug-likeness (QED) is 0.515. The molecule has 0 bridgehead atoms. The molecule has 0 unspecified atom stereocenters. The van der Waals surface area contributed by atoms with E-state index in [1.165, 1.54) is 25.3 Å². The highest BCUT2D eigenvalue weighted by Gasteiger charge is 2.17. The molecule has 7 nitrogen and oxygen atoms in total. The van der Waals surface area contributed by atoms with Crippen LogP contribution in [0.2, 0.25) is 0 Å². The van der Waals surface area contributed by atoms with Crippen LogP contribution < -0.4 is 15.5 Å². The molecule has 0 radical (unpaired) electrons. The van der Waals surface area contributed by atoms with Crippen molar-refractivity contribution in [1.29, 1.82) is 0 Å². The Morgan fingerprint density at radius 1 is 1.12 bits per heavy atom. The van der Waals surface area contributed by atoms with E-state index in [2.05, 4.69) is 10.1 Å². The van der Waals surface area contributed by atoms with Crippen LogP contribution in [-0.4, -0.2) is 42.8 Å². The van der Waals surface area contributed by atoms with E-state index in [4.69, 9.17) is 4.74 Å². The van der Waals surface area contributed by atoms with Gasteiger partial charge in [0.25, 0.3) is 5.91 Å². The van der Waals surface area contributed by atoms with E-state index in [-0.39, 0.29) is 23.3 Å². The summed E-state index contributed by atoms with van der Waals surface area (Å²) in [6.07, 6.45) is 0. The Hall–Kier alpha value is -2.84. The molecule has 1 amide bonds. The highest BCUT2D eigenvalue weighted by Crippen LogP contribution is 2.12. The van der Waals surface area contributed by atoms with Crippen molar-refractivity contribution in [3.8, 4) is 5.75 Å². The Bertz CT molecular complexity index is 720. The largest absolute Gasteiger partial charge is 0.488 e. The summed E-state index contributed by atoms with van der Waals surface area (Å²) in [6.45, 7) is -0.233. The molecule has 124 valence electrons. The molecule has 0 aliphatic heterocycles. The zero-order valence-corrected chi connectivity index (χ0v) is 12.9. The molecule has 3 N–H and O–H groups in total. The van der Waals surface area contributed by atoms with Gasteiger partial charge in [-0.05, 0) is 35.8 Å². The standard InChI is InChI=1S/C16H16BNO6/c1-23-16(20)11-7-12(17(21)22)9-13(8-11)18-15(19)10-24-14-5-3-2-4-6-14/h2-9,21-22H,10H2,1H3,(H,18,19). The van der Waals surface area contributed by atoms with Gasteiger partial charge in [-0.3, -0.25) is 4.79 Å². The molecule has 0 fully saturated rings. The average molecular weight is 329 g/mol. The third kappa shape index (κ3) is 4.84. The Morgan fingerprint density at radius 2 is 1.83 bits per heavy atom. The van der Waals surface area contributed by atoms with Gasteiger partial charge in [-0.1, -0.05) is 18.2 Å². The zero-order chi connectivity index (χ0) is 17.5. The molecule has 0 heterocycles. The first-order valence-corrected chi connectivity index (χ1v) is 7.06. The fourth-order valence-electron chi connectivity index (χ4n) is 1.97. The lowest BCUT2D eigenvalue weighted by Crippen LogP contribution is -2.31. The van der Waals surface area contributed by atoms with Gasteiger partial charge in [-0.2, -0.15) is 0 Å². The SMILES string of the molecule is COC(=O)c1cc(NC(=O)COc2ccccc2)cc(B(O)O)c1. The molecule has 8 heteroatoms. The van der Waals surface area contributed by atoms with Crippen LogP contribution in [-0.2, 0) is 9.53 Å². The maximum atomic E-state index is 11.9. The fraction of sp³-hybridized carbons (Fsp3) is 0.125. The minimum atomic E-state index is -1.79. The lowest BCUT2D eigenvalue weighted by molar-refractivity contribution is -0.118. The number of carbonyl (C=O) groups is 2. The van der Waals surface area contributed by atoms with Gasteiger partial charge in [0.2, 0.25) is 0 Å². The van der Waals surface area contributed by atoms with Crippen LogP contribution >= 0.6 is 0 Å². The van der Waals surface area contributed by atoms with Crippen LogP contribution in [0.15, 0.2) is 48.5 Å². The lowest BCUT2D eigenvalue weighted by atomic mass is 9.79. The minimum Gasteiger partial charge on any atom is -0.484 e. The number of amides is 1. The molecule has 2 aromatic carbocycles. The van der Waals surface area contributed by atoms with Crippen molar-refractivity contribution in [2.75, 3.05) is 19.0 Å². The van der Waals surface area contributed by atoms with Gasteiger partial charge in [0.1, 0.15) is 5.75 Å². The van der Waals surface area contributed by atoms with E-state index < -0.39 is 19.0 Å². The smallest absolute Gasteiger partial charge is 0.484 e. The molecule has 24 heavy (non-hydrogen) atoms. The number of anilines is 1. The van der Waals surface area contributed by atoms with Crippen LogP contribution in [0.5, 0.6) is 5.75 Å². The lowest BCUT2D eigenvalue weighted by Gasteiger charge is -2.11. The summed E-state index contributed by atoms with van der Waals surface area (Å²) in [5.74, 6) is -0.574. The van der Waals surface area contributed by atoms with Gasteiger partial charge >= 0.3 is 13.1 Å². The van der Waals surface area contributed by atoms with E-state index in [0.29, 0.717) is 5.75 Å². The number of benzene rings is 2. The first-order valence-electron chi connectivity index (χ1n) is 7.06. The van der Waals surface area contributed by atoms with Crippen LogP contribution in [0, 0.1) is 0 Å². The Kier molecular flexibility index (Phi) is 5.94. The molecule has 0 spiro atoms. The number of methoxy groups -OCH3 is 1. The van der Waals surface area contributed by atoms with Crippen LogP contribution in [0.1, 0.15) is 10.4 Å². The van der Waals surface area contributed by atoms with Gasteiger partial charge in [-0.25, -0.2) is 4.79 Å². The molecule has 0 aliphatic carbocycles. The van der Waals surface area contributed by atoms with Crippen LogP contribution in [0.3, 0.4) is 0 Å². The Labute approximate surface area is 139 Å². The van der Waals surface area contributed by atoms with Crippen molar-refractivity contribution in [1.82, 2.24) is 0 Å². The zero-order valence-electron chi connectivity index (χ0n) is 12.9. The van der Waals surface area contributed by atoms with Crippen molar-refractivity contribution < 1.29 is 29.1 Å². The summed E-state index contributed by atoms with van der Waals surface area (Å²) in [7, 11) is -0.582. The molecule has 2 aromatic rings. The summed E-state index contributed by atoms with van der Waals surface area (Å²) in [4.78, 5) is 23.6.